The predicted octanol–water partition coefficient (Wildman–Crippen LogP) is 15.2. The van der Waals surface area contributed by atoms with Crippen molar-refractivity contribution in [3.63, 3.8) is 0 Å². The number of hydrogen-bond acceptors (Lipinski definition) is 21. The number of nitrogens with one attached hydrogen (secondary N) is 3. The number of aromatic amines is 1. The first kappa shape index (κ1) is 133. The summed E-state index contributed by atoms with van der Waals surface area (Å²) in [6.07, 6.45) is 19.8. The van der Waals surface area contributed by atoms with E-state index >= 15 is 0 Å². The average Bonchev–Trinajstić information content (AvgIpc) is 1.43. The van der Waals surface area contributed by atoms with Gasteiger partial charge in [0.05, 0.1) is 13.2 Å². The van der Waals surface area contributed by atoms with E-state index in [1.807, 2.05) is 104 Å². The molecule has 5 rings (SSSR count). The van der Waals surface area contributed by atoms with Crippen molar-refractivity contribution in [1.29, 1.82) is 0 Å². The fraction of sp³-hybridized carbons (Fsp3) is 0.706. The molecule has 1 aromatic heterocycles. The number of esters is 2. The van der Waals surface area contributed by atoms with Crippen LogP contribution in [0.1, 0.15) is 295 Å². The van der Waals surface area contributed by atoms with Gasteiger partial charge in [-0.15, -0.1) is 0 Å². The Morgan fingerprint density at radius 1 is 0.607 bits per heavy atom. The number of aryl methyl sites for hydroxylation is 1. The number of benzene rings is 1. The van der Waals surface area contributed by atoms with E-state index in [1.165, 1.54) is 86.0 Å². The van der Waals surface area contributed by atoms with Gasteiger partial charge in [0.15, 0.2) is 0 Å². The molecule has 3 fully saturated rings. The summed E-state index contributed by atoms with van der Waals surface area (Å²) in [4.78, 5) is 173. The maximum absolute atomic E-state index is 10.6. The number of likely N-dealkylation sites (tertiary alicyclic amines) is 2. The average molecular weight is 1620 g/mol. The van der Waals surface area contributed by atoms with Gasteiger partial charge in [0.2, 0.25) is 29.5 Å². The number of carbonyl (C=O) groups excluding carboxylic acids is 16. The third kappa shape index (κ3) is 185. The Kier molecular flexibility index (Phi) is 118. The molecular formula is C85H161N7O19S. The van der Waals surface area contributed by atoms with Crippen LogP contribution in [0, 0.1) is 18.8 Å². The second-order valence-corrected chi connectivity index (χ2v) is 28.3. The summed E-state index contributed by atoms with van der Waals surface area (Å²) in [7, 11) is 10.1. The highest BCUT2D eigenvalue weighted by Gasteiger charge is 2.18. The van der Waals surface area contributed by atoms with Crippen LogP contribution in [-0.4, -0.2) is 211 Å². The normalized spacial score (nSPS) is 10.7. The Labute approximate surface area is 683 Å². The van der Waals surface area contributed by atoms with E-state index in [9.17, 15) is 76.7 Å². The summed E-state index contributed by atoms with van der Waals surface area (Å²) < 4.78 is 13.8. The highest BCUT2D eigenvalue weighted by molar-refractivity contribution is 7.98. The van der Waals surface area contributed by atoms with Gasteiger partial charge in [0.25, 0.3) is 0 Å². The number of amides is 5. The quantitative estimate of drug-likeness (QED) is 0.124. The molecule has 3 N–H and O–H groups in total. The van der Waals surface area contributed by atoms with Gasteiger partial charge in [0, 0.05) is 167 Å². The Morgan fingerprint density at radius 2 is 1.02 bits per heavy atom. The van der Waals surface area contributed by atoms with Crippen LogP contribution in [0.2, 0.25) is 0 Å². The minimum absolute atomic E-state index is 0.00463. The summed E-state index contributed by atoms with van der Waals surface area (Å²) in [5, 5.41) is 4.86. The zero-order chi connectivity index (χ0) is 90.9. The Balaban J connectivity index is -0.0000000846. The van der Waals surface area contributed by atoms with E-state index in [1.54, 1.807) is 127 Å². The Bertz CT molecular complexity index is 2570. The predicted molar refractivity (Wildman–Crippen MR) is 459 cm³/mol. The van der Waals surface area contributed by atoms with Gasteiger partial charge in [-0.05, 0) is 166 Å². The molecule has 1 saturated carbocycles. The molecule has 0 radical (unpaired) electrons. The molecule has 2 aliphatic heterocycles. The number of H-pyrrole nitrogens is 1. The Morgan fingerprint density at radius 3 is 1.11 bits per heavy atom. The standard InChI is InChI=1S/C9H10O.C7H12O.C6H12O2.2C5H9NO.C5H10O2.C5H10OS.2C5H10O.C4H6N2.2C4H9NO.C4H8O2.C4H8O.C4H10.C3H7NO.2C3H6O/c1-8(10)7-9-5-3-2-4-6-9;1-6(8)5-7-3-2-4-7;1-5(7)8-6(2,3)4;1-6-4-2-3-5(6)7;1-5(7)6-3-2-4-6;2*1-5(6)3-4-7-2;2*1-3-4-5(2)6;1-4-5-2-3-6-4;1-4(6)5(2)3;1-3-4(6)5-2;1-3-6-4(2)5;1-3-4(2)5;1-4(2)3;1-3(5)4-2;2*1-3(2)4/h2-6H,7H2,1H3;7H,2-5H2,1H3;1-4H3;2*2-4H2,1H3;2*3-4H2,1-2H3;2*3-4H2,1-2H3;2-3H,1H3,(H,5,6);1-3H3;3H2,1-2H3,(H,5,6);3H2,1-2H3;3H2,1-2H3;4H,1-3H3;1-2H3,(H,4,5);2*1-2H3. The maximum atomic E-state index is 10.6. The van der Waals surface area contributed by atoms with Crippen LogP contribution in [0.5, 0.6) is 0 Å². The smallest absolute Gasteiger partial charge is 0.303 e. The van der Waals surface area contributed by atoms with E-state index in [2.05, 4.69) is 50.8 Å². The zero-order valence-corrected chi connectivity index (χ0v) is 77.5. The van der Waals surface area contributed by atoms with Crippen molar-refractivity contribution in [2.75, 3.05) is 87.2 Å². The number of aromatic nitrogens is 2. The lowest BCUT2D eigenvalue weighted by molar-refractivity contribution is -0.152. The van der Waals surface area contributed by atoms with Crippen LogP contribution >= 0.6 is 11.8 Å². The molecule has 0 atom stereocenters. The largest absolute Gasteiger partial charge is 0.466 e. The molecule has 5 amide bonds. The lowest BCUT2D eigenvalue weighted by atomic mass is 9.82. The Hall–Kier alpha value is -7.94. The van der Waals surface area contributed by atoms with Crippen molar-refractivity contribution in [3.05, 3.63) is 54.1 Å². The molecule has 27 heteroatoms. The molecule has 2 aromatic rings. The van der Waals surface area contributed by atoms with E-state index in [4.69, 9.17) is 4.74 Å². The number of methoxy groups -OCH3 is 1. The molecule has 2 saturated heterocycles. The van der Waals surface area contributed by atoms with E-state index in [-0.39, 0.29) is 87.4 Å². The van der Waals surface area contributed by atoms with Gasteiger partial charge < -0.3 is 73.3 Å². The minimum atomic E-state index is -0.328. The van der Waals surface area contributed by atoms with E-state index in [0.29, 0.717) is 50.6 Å². The van der Waals surface area contributed by atoms with Crippen molar-refractivity contribution in [1.82, 2.24) is 35.3 Å². The van der Waals surface area contributed by atoms with Crippen LogP contribution in [-0.2, 0) is 97.3 Å². The number of nitrogens with zero attached hydrogens (tertiary/aromatic N) is 4. The van der Waals surface area contributed by atoms with Gasteiger partial charge in [-0.2, -0.15) is 11.8 Å². The number of hydrogen-bond donors (Lipinski definition) is 3. The van der Waals surface area contributed by atoms with Crippen molar-refractivity contribution < 1.29 is 90.9 Å². The summed E-state index contributed by atoms with van der Waals surface area (Å²) in [5.74, 6) is 5.99. The van der Waals surface area contributed by atoms with Gasteiger partial charge in [-0.3, -0.25) is 47.9 Å². The molecule has 112 heavy (non-hydrogen) atoms. The molecule has 0 bridgehead atoms. The third-order valence-electron chi connectivity index (χ3n) is 11.7. The summed E-state index contributed by atoms with van der Waals surface area (Å²) in [6.45, 7) is 52.1. The first-order valence-electron chi connectivity index (χ1n) is 38.3. The first-order valence-corrected chi connectivity index (χ1v) is 39.7. The number of ether oxygens (including phenoxy) is 3. The molecule has 656 valence electrons. The highest BCUT2D eigenvalue weighted by atomic mass is 32.2. The molecular weight excluding hydrogens is 1460 g/mol. The highest BCUT2D eigenvalue weighted by Crippen LogP contribution is 2.29. The SMILES string of the molecule is CC(=O)CC1CCC1.CC(=O)Cc1ccccc1.CC(=O)N(C)C.CC(=O)N1CCC1.CC(=O)OC(C)(C)C.CC(C)=O.CC(C)=O.CC(C)C.CCC(=O)NC.CCC(C)=O.CCCC(C)=O.CCCC(C)=O.CCOC(C)=O.CN1CCCC1=O.CNC(C)=O.COCCC(C)=O.CSCCC(C)=O.Cc1ncc[nH]1. The summed E-state index contributed by atoms with van der Waals surface area (Å²) in [6, 6.07) is 9.75. The molecule has 26 nitrogen and oxygen atoms in total. The fourth-order valence-electron chi connectivity index (χ4n) is 5.75. The van der Waals surface area contributed by atoms with Crippen molar-refractivity contribution in [2.24, 2.45) is 11.8 Å². The second-order valence-electron chi connectivity index (χ2n) is 27.3. The van der Waals surface area contributed by atoms with Crippen molar-refractivity contribution in [3.8, 4) is 0 Å². The number of imidazole rings is 1. The van der Waals surface area contributed by atoms with Crippen LogP contribution < -0.4 is 10.6 Å². The number of rotatable bonds is 17. The molecule has 1 aliphatic carbocycles. The summed E-state index contributed by atoms with van der Waals surface area (Å²) in [5.41, 5.74) is 0.765. The molecule has 3 aliphatic rings. The monoisotopic (exact) mass is 1620 g/mol. The van der Waals surface area contributed by atoms with Gasteiger partial charge in [-0.1, -0.05) is 98.1 Å². The van der Waals surface area contributed by atoms with Gasteiger partial charge >= 0.3 is 11.9 Å². The second kappa shape index (κ2) is 99.1. The molecule has 0 unspecified atom stereocenters. The maximum Gasteiger partial charge on any atom is 0.303 e. The topological polar surface area (TPSA) is 363 Å². The minimum Gasteiger partial charge on any atom is -0.466 e. The number of carbonyl (C=O) groups is 16. The van der Waals surface area contributed by atoms with Crippen LogP contribution in [0.4, 0.5) is 0 Å². The van der Waals surface area contributed by atoms with E-state index in [0.717, 1.165) is 100.0 Å². The number of Topliss-reactive ketones (excluding diaryl/α,β-unsaturated/α-hetero) is 9. The van der Waals surface area contributed by atoms with Gasteiger partial charge in [0.1, 0.15) is 63.5 Å². The number of thioether (sulfide) groups is 1. The summed E-state index contributed by atoms with van der Waals surface area (Å²) >= 11 is 1.71. The van der Waals surface area contributed by atoms with Crippen LogP contribution in [0.15, 0.2) is 42.7 Å². The lowest BCUT2D eigenvalue weighted by Gasteiger charge is -2.29. The third-order valence-corrected chi connectivity index (χ3v) is 12.4. The fourth-order valence-corrected chi connectivity index (χ4v) is 6.24. The van der Waals surface area contributed by atoms with Crippen molar-refractivity contribution in [2.45, 2.75) is 302 Å². The zero-order valence-electron chi connectivity index (χ0n) is 76.7. The number of ketones is 9. The molecule has 1 aromatic carbocycles. The van der Waals surface area contributed by atoms with Crippen LogP contribution in [0.3, 0.4) is 0 Å². The van der Waals surface area contributed by atoms with E-state index < -0.39 is 0 Å². The van der Waals surface area contributed by atoms with Crippen LogP contribution in [0.25, 0.3) is 0 Å². The van der Waals surface area contributed by atoms with Crippen molar-refractivity contribution >= 4 is 105 Å². The lowest BCUT2D eigenvalue weighted by Crippen LogP contribution is -2.40. The van der Waals surface area contributed by atoms with Gasteiger partial charge in [-0.25, -0.2) is 4.98 Å². The molecule has 0 spiro atoms. The first-order chi connectivity index (χ1) is 51.5. The molecule has 3 heterocycles.